The number of aromatic nitrogens is 1. The number of hydrogen-bond acceptors (Lipinski definition) is 8. The Bertz CT molecular complexity index is 1510. The highest BCUT2D eigenvalue weighted by molar-refractivity contribution is 6.00. The molecule has 2 aliphatic rings. The van der Waals surface area contributed by atoms with E-state index in [9.17, 15) is 33.5 Å². The molecule has 4 rings (SSSR count). The highest BCUT2D eigenvalue weighted by Crippen LogP contribution is 2.25. The van der Waals surface area contributed by atoms with E-state index >= 15 is 0 Å². The number of aliphatic hydroxyl groups is 1. The first-order valence-electron chi connectivity index (χ1n) is 17.9. The smallest absolute Gasteiger partial charge is 0.257 e. The topological polar surface area (TPSA) is 170 Å². The lowest BCUT2D eigenvalue weighted by atomic mass is 10.0. The van der Waals surface area contributed by atoms with Gasteiger partial charge in [-0.05, 0) is 48.9 Å². The van der Waals surface area contributed by atoms with Crippen LogP contribution in [0.3, 0.4) is 0 Å². The first-order chi connectivity index (χ1) is 24.4. The van der Waals surface area contributed by atoms with Crippen molar-refractivity contribution in [2.24, 2.45) is 5.92 Å². The second-order valence-electron chi connectivity index (χ2n) is 13.8. The molecule has 2 aromatic rings. The van der Waals surface area contributed by atoms with Crippen LogP contribution in [0.2, 0.25) is 0 Å². The summed E-state index contributed by atoms with van der Waals surface area (Å²) in [6.45, 7) is 4.02. The van der Waals surface area contributed by atoms with Gasteiger partial charge in [0.25, 0.3) is 11.8 Å². The maximum atomic E-state index is 14.3. The predicted molar refractivity (Wildman–Crippen MR) is 187 cm³/mol. The molecule has 1 saturated heterocycles. The number of amides is 5. The van der Waals surface area contributed by atoms with Gasteiger partial charge in [-0.2, -0.15) is 0 Å². The summed E-state index contributed by atoms with van der Waals surface area (Å²) < 4.78 is 19.9. The molecular weight excluding hydrogens is 659 g/mol. The molecule has 4 N–H and O–H groups in total. The number of nitrogens with zero attached hydrogens (tertiary/aromatic N) is 3. The van der Waals surface area contributed by atoms with Gasteiger partial charge in [-0.3, -0.25) is 29.0 Å². The average Bonchev–Trinajstić information content (AvgIpc) is 3.50. The third-order valence-corrected chi connectivity index (χ3v) is 9.20. The van der Waals surface area contributed by atoms with Crippen LogP contribution in [-0.4, -0.2) is 107 Å². The highest BCUT2D eigenvalue weighted by Gasteiger charge is 2.44. The van der Waals surface area contributed by atoms with Gasteiger partial charge in [0.05, 0.1) is 11.7 Å². The normalized spacial score (nSPS) is 24.0. The average molecular weight is 711 g/mol. The first-order valence-corrected chi connectivity index (χ1v) is 17.9. The molecule has 51 heavy (non-hydrogen) atoms. The van der Waals surface area contributed by atoms with E-state index < -0.39 is 60.3 Å². The van der Waals surface area contributed by atoms with Gasteiger partial charge in [0.2, 0.25) is 17.7 Å². The van der Waals surface area contributed by atoms with Crippen molar-refractivity contribution < 1.29 is 38.2 Å². The SMILES string of the molecule is CC(C)C[C@H]1NC(=O)c2ccc(F)cc2OCC(=O)NCCCCCCCCNC(=O)[C@H](Cc2cccnc2)N(C)C(=O)[C@H]2C[C@H](O)CN2C1=O. The summed E-state index contributed by atoms with van der Waals surface area (Å²) >= 11 is 0. The zero-order valence-electron chi connectivity index (χ0n) is 29.7. The fourth-order valence-electron chi connectivity index (χ4n) is 6.47. The highest BCUT2D eigenvalue weighted by atomic mass is 19.1. The van der Waals surface area contributed by atoms with Crippen molar-refractivity contribution in [1.82, 2.24) is 30.7 Å². The minimum Gasteiger partial charge on any atom is -0.483 e. The molecule has 0 saturated carbocycles. The van der Waals surface area contributed by atoms with E-state index in [1.165, 1.54) is 22.9 Å². The van der Waals surface area contributed by atoms with Gasteiger partial charge in [-0.1, -0.05) is 45.6 Å². The van der Waals surface area contributed by atoms with Crippen molar-refractivity contribution in [1.29, 1.82) is 0 Å². The lowest BCUT2D eigenvalue weighted by Gasteiger charge is -2.34. The lowest BCUT2D eigenvalue weighted by molar-refractivity contribution is -0.147. The summed E-state index contributed by atoms with van der Waals surface area (Å²) in [7, 11) is 1.52. The van der Waals surface area contributed by atoms with Gasteiger partial charge in [0.15, 0.2) is 6.61 Å². The number of fused-ring (bicyclic) bond motifs is 2. The van der Waals surface area contributed by atoms with Crippen LogP contribution in [0.4, 0.5) is 4.39 Å². The van der Waals surface area contributed by atoms with Crippen LogP contribution in [0, 0.1) is 11.7 Å². The molecule has 1 aromatic heterocycles. The number of likely N-dealkylation sites (N-methyl/N-ethyl adjacent to an activating group) is 1. The zero-order chi connectivity index (χ0) is 36.9. The van der Waals surface area contributed by atoms with E-state index in [0.717, 1.165) is 56.2 Å². The largest absolute Gasteiger partial charge is 0.483 e. The molecule has 5 amide bonds. The van der Waals surface area contributed by atoms with Crippen molar-refractivity contribution in [3.05, 3.63) is 59.7 Å². The summed E-state index contributed by atoms with van der Waals surface area (Å²) in [5.41, 5.74) is 0.676. The number of benzene rings is 1. The van der Waals surface area contributed by atoms with Crippen molar-refractivity contribution in [3.8, 4) is 5.75 Å². The Labute approximate surface area is 298 Å². The molecule has 1 fully saturated rings. The van der Waals surface area contributed by atoms with Crippen LogP contribution in [0.15, 0.2) is 42.7 Å². The van der Waals surface area contributed by atoms with Crippen LogP contribution < -0.4 is 20.7 Å². The molecule has 1 aromatic carbocycles. The minimum absolute atomic E-state index is 0.0451. The van der Waals surface area contributed by atoms with E-state index in [0.29, 0.717) is 13.1 Å². The Morgan fingerprint density at radius 3 is 2.37 bits per heavy atom. The number of pyridine rings is 1. The number of carbonyl (C=O) groups is 5. The molecular formula is C37H51FN6O7. The van der Waals surface area contributed by atoms with E-state index in [4.69, 9.17) is 4.74 Å². The summed E-state index contributed by atoms with van der Waals surface area (Å²) in [5.74, 6) is -3.49. The van der Waals surface area contributed by atoms with Gasteiger partial charge < -0.3 is 35.6 Å². The minimum atomic E-state index is -1.12. The molecule has 3 heterocycles. The molecule has 2 aliphatic heterocycles. The number of nitrogens with one attached hydrogen (secondary N) is 3. The maximum absolute atomic E-state index is 14.3. The monoisotopic (exact) mass is 710 g/mol. The zero-order valence-corrected chi connectivity index (χ0v) is 29.7. The number of ether oxygens (including phenoxy) is 1. The fraction of sp³-hybridized carbons (Fsp3) is 0.568. The number of aliphatic hydroxyl groups excluding tert-OH is 1. The Morgan fingerprint density at radius 1 is 0.980 bits per heavy atom. The van der Waals surface area contributed by atoms with Gasteiger partial charge in [0.1, 0.15) is 29.7 Å². The number of carbonyl (C=O) groups excluding carboxylic acids is 5. The molecule has 278 valence electrons. The molecule has 13 nitrogen and oxygen atoms in total. The van der Waals surface area contributed by atoms with Gasteiger partial charge in [0, 0.05) is 58.0 Å². The van der Waals surface area contributed by atoms with Crippen molar-refractivity contribution in [3.63, 3.8) is 0 Å². The van der Waals surface area contributed by atoms with Gasteiger partial charge >= 0.3 is 0 Å². The Hall–Kier alpha value is -4.59. The molecule has 0 bridgehead atoms. The summed E-state index contributed by atoms with van der Waals surface area (Å²) in [6, 6.07) is 3.76. The molecule has 0 unspecified atom stereocenters. The number of halogens is 1. The quantitative estimate of drug-likeness (QED) is 0.375. The van der Waals surface area contributed by atoms with E-state index in [-0.39, 0.29) is 48.9 Å². The van der Waals surface area contributed by atoms with E-state index in [1.54, 1.807) is 18.5 Å². The first kappa shape index (κ1) is 39.2. The van der Waals surface area contributed by atoms with Crippen LogP contribution in [0.25, 0.3) is 0 Å². The molecule has 0 spiro atoms. The molecule has 14 heteroatoms. The van der Waals surface area contributed by atoms with Crippen LogP contribution in [0.1, 0.15) is 81.1 Å². The number of hydrogen-bond donors (Lipinski definition) is 4. The van der Waals surface area contributed by atoms with Crippen LogP contribution in [-0.2, 0) is 25.6 Å². The van der Waals surface area contributed by atoms with Gasteiger partial charge in [-0.15, -0.1) is 0 Å². The summed E-state index contributed by atoms with van der Waals surface area (Å²) in [6.07, 6.45) is 7.77. The Balaban J connectivity index is 1.63. The Kier molecular flexibility index (Phi) is 14.7. The molecule has 0 radical (unpaired) electrons. The summed E-state index contributed by atoms with van der Waals surface area (Å²) in [4.78, 5) is 74.8. The van der Waals surface area contributed by atoms with E-state index in [2.05, 4.69) is 20.9 Å². The predicted octanol–water partition coefficient (Wildman–Crippen LogP) is 2.36. The third kappa shape index (κ3) is 11.5. The van der Waals surface area contributed by atoms with Crippen molar-refractivity contribution >= 4 is 29.5 Å². The molecule has 0 aliphatic carbocycles. The second kappa shape index (κ2) is 19.1. The van der Waals surface area contributed by atoms with Crippen LogP contribution in [0.5, 0.6) is 5.75 Å². The molecule has 4 atom stereocenters. The Morgan fingerprint density at radius 2 is 1.69 bits per heavy atom. The summed E-state index contributed by atoms with van der Waals surface area (Å²) in [5, 5.41) is 19.2. The third-order valence-electron chi connectivity index (χ3n) is 9.20. The maximum Gasteiger partial charge on any atom is 0.257 e. The van der Waals surface area contributed by atoms with E-state index in [1.807, 2.05) is 19.9 Å². The standard InChI is InChI=1S/C37H51FN6O7/c1-24(2)17-29-36(49)44-22-27(45)20-31(44)37(50)43(3)30(18-25-11-10-14-39-21-25)35(48)41-16-9-7-5-4-6-8-15-40-33(46)23-51-32-19-26(38)12-13-28(32)34(47)42-29/h10-14,19,21,24,27,29-31,45H,4-9,15-18,20,22-23H2,1-3H3,(H,40,46)(H,41,48)(H,42,47)/t27-,29+,30-,31+/m0/s1. The van der Waals surface area contributed by atoms with Crippen molar-refractivity contribution in [2.45, 2.75) is 95.9 Å². The van der Waals surface area contributed by atoms with Crippen molar-refractivity contribution in [2.75, 3.05) is 33.3 Å². The van der Waals surface area contributed by atoms with Crippen LogP contribution >= 0.6 is 0 Å². The van der Waals surface area contributed by atoms with Gasteiger partial charge in [-0.25, -0.2) is 4.39 Å². The number of rotatable bonds is 4. The second-order valence-corrected chi connectivity index (χ2v) is 13.8. The lowest BCUT2D eigenvalue weighted by Crippen LogP contribution is -2.57. The fourth-order valence-corrected chi connectivity index (χ4v) is 6.47.